The molecule has 1 fully saturated rings. The molecule has 0 bridgehead atoms. The Morgan fingerprint density at radius 1 is 1.40 bits per heavy atom. The third kappa shape index (κ3) is 3.37. The Balaban J connectivity index is 2.42. The van der Waals surface area contributed by atoms with Crippen LogP contribution in [-0.4, -0.2) is 18.3 Å². The van der Waals surface area contributed by atoms with Gasteiger partial charge in [0.05, 0.1) is 0 Å². The second-order valence-corrected chi connectivity index (χ2v) is 6.02. The van der Waals surface area contributed by atoms with Gasteiger partial charge in [0.2, 0.25) is 5.91 Å². The van der Waals surface area contributed by atoms with E-state index in [4.69, 9.17) is 11.6 Å². The van der Waals surface area contributed by atoms with E-state index < -0.39 is 0 Å². The van der Waals surface area contributed by atoms with Gasteiger partial charge in [-0.15, -0.1) is 11.6 Å². The Hall–Kier alpha value is -0.240. The molecule has 0 unspecified atom stereocenters. The van der Waals surface area contributed by atoms with Crippen LogP contribution >= 0.6 is 11.6 Å². The van der Waals surface area contributed by atoms with E-state index in [0.29, 0.717) is 12.4 Å². The average molecular weight is 232 g/mol. The van der Waals surface area contributed by atoms with Gasteiger partial charge in [0.1, 0.15) is 0 Å². The van der Waals surface area contributed by atoms with E-state index in [9.17, 15) is 4.79 Å². The summed E-state index contributed by atoms with van der Waals surface area (Å²) in [6.45, 7) is 6.88. The van der Waals surface area contributed by atoms with Crippen molar-refractivity contribution in [2.75, 3.05) is 12.4 Å². The lowest BCUT2D eigenvalue weighted by Gasteiger charge is -2.27. The van der Waals surface area contributed by atoms with Gasteiger partial charge >= 0.3 is 0 Å². The van der Waals surface area contributed by atoms with Gasteiger partial charge in [0, 0.05) is 17.8 Å². The van der Waals surface area contributed by atoms with Crippen molar-refractivity contribution < 1.29 is 4.79 Å². The van der Waals surface area contributed by atoms with Crippen molar-refractivity contribution in [2.45, 2.75) is 46.5 Å². The summed E-state index contributed by atoms with van der Waals surface area (Å²) in [5, 5.41) is 3.03. The van der Waals surface area contributed by atoms with Gasteiger partial charge < -0.3 is 5.32 Å². The largest absolute Gasteiger partial charge is 0.355 e. The topological polar surface area (TPSA) is 29.1 Å². The van der Waals surface area contributed by atoms with Gasteiger partial charge in [-0.05, 0) is 18.3 Å². The highest BCUT2D eigenvalue weighted by Crippen LogP contribution is 2.37. The molecule has 1 saturated carbocycles. The maximum atomic E-state index is 12.0. The number of amides is 1. The molecule has 3 heteroatoms. The van der Waals surface area contributed by atoms with Gasteiger partial charge in [-0.25, -0.2) is 0 Å². The molecule has 1 amide bonds. The number of nitrogens with one attached hydrogen (secondary N) is 1. The van der Waals surface area contributed by atoms with E-state index in [2.05, 4.69) is 26.1 Å². The number of halogens is 1. The van der Waals surface area contributed by atoms with Crippen LogP contribution in [0.5, 0.6) is 0 Å². The van der Waals surface area contributed by atoms with Crippen LogP contribution in [0.2, 0.25) is 0 Å². The second-order valence-electron chi connectivity index (χ2n) is 5.75. The zero-order valence-electron chi connectivity index (χ0n) is 10.0. The second kappa shape index (κ2) is 4.73. The molecule has 0 aromatic rings. The molecule has 0 aliphatic heterocycles. The Morgan fingerprint density at radius 3 is 2.40 bits per heavy atom. The van der Waals surface area contributed by atoms with Crippen molar-refractivity contribution in [3.8, 4) is 0 Å². The third-order valence-electron chi connectivity index (χ3n) is 3.34. The van der Waals surface area contributed by atoms with Gasteiger partial charge in [-0.3, -0.25) is 4.79 Å². The fourth-order valence-electron chi connectivity index (χ4n) is 1.96. The van der Waals surface area contributed by atoms with E-state index >= 15 is 0 Å². The SMILES string of the molecule is CC(C)(CCl)CNC(=O)C1(C)CCCC1. The van der Waals surface area contributed by atoms with E-state index in [1.54, 1.807) is 0 Å². The van der Waals surface area contributed by atoms with Crippen LogP contribution < -0.4 is 5.32 Å². The normalized spacial score (nSPS) is 20.3. The van der Waals surface area contributed by atoms with Crippen LogP contribution in [0.3, 0.4) is 0 Å². The van der Waals surface area contributed by atoms with Crippen LogP contribution in [0.1, 0.15) is 46.5 Å². The fraction of sp³-hybridized carbons (Fsp3) is 0.917. The lowest BCUT2D eigenvalue weighted by atomic mass is 9.87. The molecule has 0 spiro atoms. The van der Waals surface area contributed by atoms with Crippen LogP contribution in [0.15, 0.2) is 0 Å². The summed E-state index contributed by atoms with van der Waals surface area (Å²) in [5.41, 5.74) is -0.130. The first kappa shape index (κ1) is 12.8. The maximum absolute atomic E-state index is 12.0. The van der Waals surface area contributed by atoms with Crippen molar-refractivity contribution >= 4 is 17.5 Å². The molecule has 0 aromatic heterocycles. The van der Waals surface area contributed by atoms with Crippen LogP contribution in [0.25, 0.3) is 0 Å². The smallest absolute Gasteiger partial charge is 0.225 e. The predicted molar refractivity (Wildman–Crippen MR) is 64.1 cm³/mol. The quantitative estimate of drug-likeness (QED) is 0.741. The number of carbonyl (C=O) groups is 1. The van der Waals surface area contributed by atoms with Crippen molar-refractivity contribution in [1.82, 2.24) is 5.32 Å². The highest BCUT2D eigenvalue weighted by atomic mass is 35.5. The van der Waals surface area contributed by atoms with Gasteiger partial charge in [0.25, 0.3) is 0 Å². The first-order valence-corrected chi connectivity index (χ1v) is 6.27. The fourth-order valence-corrected chi connectivity index (χ4v) is 2.06. The van der Waals surface area contributed by atoms with E-state index in [1.807, 2.05) is 0 Å². The van der Waals surface area contributed by atoms with Crippen molar-refractivity contribution in [3.63, 3.8) is 0 Å². The number of rotatable bonds is 4. The van der Waals surface area contributed by atoms with Crippen LogP contribution in [-0.2, 0) is 4.79 Å². The van der Waals surface area contributed by atoms with Gasteiger partial charge in [0.15, 0.2) is 0 Å². The lowest BCUT2D eigenvalue weighted by Crippen LogP contribution is -2.42. The monoisotopic (exact) mass is 231 g/mol. The Labute approximate surface area is 97.8 Å². The van der Waals surface area contributed by atoms with Gasteiger partial charge in [-0.1, -0.05) is 33.6 Å². The minimum absolute atomic E-state index is 0.00776. The van der Waals surface area contributed by atoms with Crippen molar-refractivity contribution in [1.29, 1.82) is 0 Å². The molecule has 0 saturated heterocycles. The van der Waals surface area contributed by atoms with Crippen LogP contribution in [0.4, 0.5) is 0 Å². The van der Waals surface area contributed by atoms with Crippen molar-refractivity contribution in [3.05, 3.63) is 0 Å². The summed E-state index contributed by atoms with van der Waals surface area (Å²) in [5.74, 6) is 0.780. The van der Waals surface area contributed by atoms with E-state index in [1.165, 1.54) is 12.8 Å². The summed E-state index contributed by atoms with van der Waals surface area (Å²) in [7, 11) is 0. The highest BCUT2D eigenvalue weighted by Gasteiger charge is 2.36. The summed E-state index contributed by atoms with van der Waals surface area (Å²) >= 11 is 5.82. The molecule has 2 nitrogen and oxygen atoms in total. The predicted octanol–water partition coefficient (Wildman–Crippen LogP) is 2.95. The lowest BCUT2D eigenvalue weighted by molar-refractivity contribution is -0.130. The molecule has 88 valence electrons. The first-order chi connectivity index (χ1) is 6.90. The van der Waals surface area contributed by atoms with E-state index in [0.717, 1.165) is 12.8 Å². The molecule has 15 heavy (non-hydrogen) atoms. The summed E-state index contributed by atoms with van der Waals surface area (Å²) < 4.78 is 0. The third-order valence-corrected chi connectivity index (χ3v) is 4.07. The molecule has 1 rings (SSSR count). The summed E-state index contributed by atoms with van der Waals surface area (Å²) in [4.78, 5) is 12.0. The number of carbonyl (C=O) groups excluding carboxylic acids is 1. The molecule has 1 aliphatic rings. The number of alkyl halides is 1. The zero-order valence-corrected chi connectivity index (χ0v) is 10.8. The Bertz CT molecular complexity index is 232. The number of hydrogen-bond acceptors (Lipinski definition) is 1. The molecule has 0 aromatic carbocycles. The summed E-state index contributed by atoms with van der Waals surface area (Å²) in [6, 6.07) is 0. The molecular formula is C12H22ClNO. The molecule has 0 radical (unpaired) electrons. The first-order valence-electron chi connectivity index (χ1n) is 5.74. The van der Waals surface area contributed by atoms with Gasteiger partial charge in [-0.2, -0.15) is 0 Å². The average Bonchev–Trinajstić information content (AvgIpc) is 2.63. The zero-order chi connectivity index (χ0) is 11.5. The molecule has 1 aliphatic carbocycles. The molecule has 0 heterocycles. The minimum atomic E-state index is -0.123. The summed E-state index contributed by atoms with van der Waals surface area (Å²) in [6.07, 6.45) is 4.42. The minimum Gasteiger partial charge on any atom is -0.355 e. The maximum Gasteiger partial charge on any atom is 0.225 e. The number of hydrogen-bond donors (Lipinski definition) is 1. The van der Waals surface area contributed by atoms with E-state index in [-0.39, 0.29) is 16.7 Å². The Kier molecular flexibility index (Phi) is 4.05. The van der Waals surface area contributed by atoms with Crippen molar-refractivity contribution in [2.24, 2.45) is 10.8 Å². The standard InChI is InChI=1S/C12H22ClNO/c1-11(2,8-13)9-14-10(15)12(3)6-4-5-7-12/h4-9H2,1-3H3,(H,14,15). The van der Waals surface area contributed by atoms with Crippen LogP contribution in [0, 0.1) is 10.8 Å². The Morgan fingerprint density at radius 2 is 1.93 bits per heavy atom. The highest BCUT2D eigenvalue weighted by molar-refractivity contribution is 6.18. The molecule has 1 N–H and O–H groups in total. The molecular weight excluding hydrogens is 210 g/mol. The molecule has 0 atom stereocenters.